The van der Waals surface area contributed by atoms with Gasteiger partial charge >= 0.3 is 0 Å². The first kappa shape index (κ1) is 14.4. The Morgan fingerprint density at radius 2 is 2.18 bits per heavy atom. The normalized spacial score (nSPS) is 21.9. The van der Waals surface area contributed by atoms with Crippen molar-refractivity contribution in [1.29, 1.82) is 0 Å². The summed E-state index contributed by atoms with van der Waals surface area (Å²) in [5, 5.41) is 0. The fraction of sp³-hybridized carbons (Fsp3) is 0.900. The lowest BCUT2D eigenvalue weighted by Gasteiger charge is -2.33. The van der Waals surface area contributed by atoms with Crippen LogP contribution in [0.3, 0.4) is 0 Å². The van der Waals surface area contributed by atoms with E-state index in [-0.39, 0.29) is 18.6 Å². The third kappa shape index (κ3) is 4.25. The van der Waals surface area contributed by atoms with Gasteiger partial charge in [0.1, 0.15) is 0 Å². The van der Waals surface area contributed by atoms with E-state index in [1.807, 2.05) is 6.92 Å². The van der Waals surface area contributed by atoms with Crippen LogP contribution in [0.2, 0.25) is 0 Å². The molecule has 1 amide bonds. The van der Waals surface area contributed by atoms with Gasteiger partial charge in [0.25, 0.3) is 0 Å². The minimum absolute atomic E-state index is 0.0660. The van der Waals surface area contributed by atoms with Crippen LogP contribution in [0.5, 0.6) is 0 Å². The summed E-state index contributed by atoms with van der Waals surface area (Å²) in [4.78, 5) is 13.5. The van der Waals surface area contributed by atoms with Crippen molar-refractivity contribution < 1.29 is 17.9 Å². The summed E-state index contributed by atoms with van der Waals surface area (Å²) in [6, 6.07) is 0. The molecule has 0 unspecified atom stereocenters. The van der Waals surface area contributed by atoms with Crippen molar-refractivity contribution in [3.8, 4) is 0 Å². The summed E-state index contributed by atoms with van der Waals surface area (Å²) in [5.41, 5.74) is 0. The van der Waals surface area contributed by atoms with Gasteiger partial charge in [-0.05, 0) is 6.42 Å². The minimum Gasteiger partial charge on any atom is -0.375 e. The van der Waals surface area contributed by atoms with Crippen molar-refractivity contribution in [2.75, 3.05) is 39.5 Å². The molecule has 0 aliphatic carbocycles. The molecule has 1 heterocycles. The van der Waals surface area contributed by atoms with Gasteiger partial charge in [0, 0.05) is 20.1 Å². The number of morpholine rings is 1. The van der Waals surface area contributed by atoms with E-state index in [0.717, 1.165) is 17.0 Å². The smallest absolute Gasteiger partial charge is 0.238 e. The highest BCUT2D eigenvalue weighted by Crippen LogP contribution is 2.09. The maximum Gasteiger partial charge on any atom is 0.238 e. The first-order chi connectivity index (χ1) is 7.84. The molecule has 0 radical (unpaired) electrons. The maximum absolute atomic E-state index is 11.9. The van der Waals surface area contributed by atoms with Crippen molar-refractivity contribution in [3.63, 3.8) is 0 Å². The first-order valence-corrected chi connectivity index (χ1v) is 7.50. The van der Waals surface area contributed by atoms with Crippen LogP contribution in [0.4, 0.5) is 0 Å². The molecule has 6 nitrogen and oxygen atoms in total. The molecule has 1 rings (SSSR count). The van der Waals surface area contributed by atoms with Crippen LogP contribution in [0.1, 0.15) is 13.3 Å². The Balaban J connectivity index is 2.53. The van der Waals surface area contributed by atoms with Crippen LogP contribution in [0, 0.1) is 0 Å². The van der Waals surface area contributed by atoms with Crippen LogP contribution in [0.15, 0.2) is 0 Å². The molecule has 1 aliphatic rings. The van der Waals surface area contributed by atoms with E-state index in [9.17, 15) is 13.2 Å². The van der Waals surface area contributed by atoms with E-state index in [1.165, 1.54) is 7.05 Å². The zero-order valence-electron chi connectivity index (χ0n) is 10.5. The largest absolute Gasteiger partial charge is 0.375 e. The second-order valence-electron chi connectivity index (χ2n) is 4.26. The molecule has 1 atom stereocenters. The van der Waals surface area contributed by atoms with Crippen LogP contribution < -0.4 is 0 Å². The molecule has 1 saturated heterocycles. The minimum atomic E-state index is -3.30. The Morgan fingerprint density at radius 1 is 1.53 bits per heavy atom. The van der Waals surface area contributed by atoms with E-state index >= 15 is 0 Å². The van der Waals surface area contributed by atoms with E-state index in [1.54, 1.807) is 4.90 Å². The van der Waals surface area contributed by atoms with Gasteiger partial charge in [-0.2, -0.15) is 4.31 Å². The van der Waals surface area contributed by atoms with Crippen molar-refractivity contribution in [1.82, 2.24) is 9.21 Å². The Bertz CT molecular complexity index is 369. The van der Waals surface area contributed by atoms with Gasteiger partial charge < -0.3 is 9.64 Å². The van der Waals surface area contributed by atoms with Gasteiger partial charge in [-0.25, -0.2) is 8.42 Å². The number of ether oxygens (including phenoxy) is 1. The number of sulfonamides is 1. The van der Waals surface area contributed by atoms with Gasteiger partial charge in [0.15, 0.2) is 0 Å². The highest BCUT2D eigenvalue weighted by Gasteiger charge is 2.25. The van der Waals surface area contributed by atoms with Crippen LogP contribution in [-0.4, -0.2) is 69.2 Å². The molecular formula is C10H20N2O4S. The van der Waals surface area contributed by atoms with Gasteiger partial charge in [-0.15, -0.1) is 0 Å². The van der Waals surface area contributed by atoms with Crippen molar-refractivity contribution in [2.45, 2.75) is 19.4 Å². The molecule has 0 bridgehead atoms. The number of amides is 1. The maximum atomic E-state index is 11.9. The number of hydrogen-bond donors (Lipinski definition) is 0. The van der Waals surface area contributed by atoms with Crippen LogP contribution in [-0.2, 0) is 19.6 Å². The zero-order valence-corrected chi connectivity index (χ0v) is 11.4. The summed E-state index contributed by atoms with van der Waals surface area (Å²) in [6.07, 6.45) is 2.01. The molecule has 1 fully saturated rings. The summed E-state index contributed by atoms with van der Waals surface area (Å²) in [5.74, 6) is -0.167. The van der Waals surface area contributed by atoms with Crippen molar-refractivity contribution in [2.24, 2.45) is 0 Å². The molecule has 0 aromatic heterocycles. The average molecular weight is 264 g/mol. The average Bonchev–Trinajstić information content (AvgIpc) is 2.27. The third-order valence-corrected chi connectivity index (χ3v) is 4.13. The topological polar surface area (TPSA) is 66.9 Å². The molecule has 17 heavy (non-hydrogen) atoms. The van der Waals surface area contributed by atoms with E-state index in [4.69, 9.17) is 4.74 Å². The number of carbonyl (C=O) groups excluding carboxylic acids is 1. The van der Waals surface area contributed by atoms with Gasteiger partial charge in [0.05, 0.1) is 25.5 Å². The number of rotatable bonds is 4. The monoisotopic (exact) mass is 264 g/mol. The Kier molecular flexibility index (Phi) is 4.91. The summed E-state index contributed by atoms with van der Waals surface area (Å²) < 4.78 is 28.9. The fourth-order valence-corrected chi connectivity index (χ4v) is 1.95. The van der Waals surface area contributed by atoms with Crippen LogP contribution >= 0.6 is 0 Å². The Morgan fingerprint density at radius 3 is 2.71 bits per heavy atom. The van der Waals surface area contributed by atoms with Crippen LogP contribution in [0.25, 0.3) is 0 Å². The lowest BCUT2D eigenvalue weighted by atomic mass is 10.2. The molecule has 0 aromatic rings. The van der Waals surface area contributed by atoms with Crippen molar-refractivity contribution >= 4 is 15.9 Å². The van der Waals surface area contributed by atoms with E-state index in [2.05, 4.69) is 0 Å². The molecule has 0 aromatic carbocycles. The zero-order chi connectivity index (χ0) is 13.1. The quantitative estimate of drug-likeness (QED) is 0.687. The Hall–Kier alpha value is -0.660. The molecule has 0 N–H and O–H groups in total. The number of nitrogens with zero attached hydrogens (tertiary/aromatic N) is 2. The second-order valence-corrected chi connectivity index (χ2v) is 6.35. The Labute approximate surface area is 103 Å². The highest BCUT2D eigenvalue weighted by atomic mass is 32.2. The number of likely N-dealkylation sites (N-methyl/N-ethyl adjacent to an activating group) is 1. The third-order valence-electron chi connectivity index (χ3n) is 2.87. The van der Waals surface area contributed by atoms with E-state index in [0.29, 0.717) is 19.7 Å². The first-order valence-electron chi connectivity index (χ1n) is 5.65. The molecular weight excluding hydrogens is 244 g/mol. The predicted molar refractivity (Wildman–Crippen MR) is 64.1 cm³/mol. The second kappa shape index (κ2) is 5.79. The lowest BCUT2D eigenvalue weighted by molar-refractivity contribution is -0.138. The number of hydrogen-bond acceptors (Lipinski definition) is 4. The van der Waals surface area contributed by atoms with Gasteiger partial charge in [0.2, 0.25) is 15.9 Å². The summed E-state index contributed by atoms with van der Waals surface area (Å²) in [7, 11) is -1.89. The fourth-order valence-electron chi connectivity index (χ4n) is 1.60. The van der Waals surface area contributed by atoms with Crippen molar-refractivity contribution in [3.05, 3.63) is 0 Å². The van der Waals surface area contributed by atoms with Gasteiger partial charge in [-0.3, -0.25) is 4.79 Å². The SMILES string of the molecule is CC[C@@H]1CN(C(=O)CN(C)S(C)(=O)=O)CCO1. The van der Waals surface area contributed by atoms with Gasteiger partial charge in [-0.1, -0.05) is 6.92 Å². The molecule has 7 heteroatoms. The summed E-state index contributed by atoms with van der Waals surface area (Å²) in [6.45, 7) is 3.50. The standard InChI is InChI=1S/C10H20N2O4S/c1-4-9-7-12(5-6-16-9)10(13)8-11(2)17(3,14)15/h9H,4-8H2,1-3H3/t9-/m1/s1. The predicted octanol–water partition coefficient (Wildman–Crippen LogP) is -0.485. The van der Waals surface area contributed by atoms with E-state index < -0.39 is 10.0 Å². The molecule has 1 aliphatic heterocycles. The lowest BCUT2D eigenvalue weighted by Crippen LogP contribution is -2.49. The molecule has 0 spiro atoms. The highest BCUT2D eigenvalue weighted by molar-refractivity contribution is 7.88. The number of carbonyl (C=O) groups is 1. The molecule has 0 saturated carbocycles. The molecule has 100 valence electrons. The summed E-state index contributed by atoms with van der Waals surface area (Å²) >= 11 is 0.